The van der Waals surface area contributed by atoms with Gasteiger partial charge >= 0.3 is 5.97 Å². The molecule has 1 aliphatic heterocycles. The Labute approximate surface area is 91.5 Å². The van der Waals surface area contributed by atoms with Crippen LogP contribution in [0.5, 0.6) is 0 Å². The average Bonchev–Trinajstić information content (AvgIpc) is 2.43. The van der Waals surface area contributed by atoms with Crippen LogP contribution < -0.4 is 0 Å². The Bertz CT molecular complexity index is 250. The van der Waals surface area contributed by atoms with Crippen LogP contribution in [-0.2, 0) is 4.79 Å². The minimum absolute atomic E-state index is 0.146. The molecule has 0 amide bonds. The summed E-state index contributed by atoms with van der Waals surface area (Å²) >= 11 is 0. The molecule has 1 saturated heterocycles. The van der Waals surface area contributed by atoms with Crippen molar-refractivity contribution in [3.63, 3.8) is 0 Å². The number of rotatable bonds is 3. The molecule has 3 unspecified atom stereocenters. The van der Waals surface area contributed by atoms with Crippen molar-refractivity contribution in [1.29, 1.82) is 0 Å². The van der Waals surface area contributed by atoms with Crippen molar-refractivity contribution in [3.8, 4) is 0 Å². The Hall–Kier alpha value is -0.570. The summed E-state index contributed by atoms with van der Waals surface area (Å²) in [6, 6.07) is 0.802. The van der Waals surface area contributed by atoms with E-state index in [0.29, 0.717) is 6.04 Å². The molecule has 3 atom stereocenters. The van der Waals surface area contributed by atoms with E-state index in [1.807, 2.05) is 0 Å². The monoisotopic (exact) mass is 211 g/mol. The molecule has 2 fully saturated rings. The summed E-state index contributed by atoms with van der Waals surface area (Å²) < 4.78 is 0. The van der Waals surface area contributed by atoms with Crippen molar-refractivity contribution in [3.05, 3.63) is 0 Å². The summed E-state index contributed by atoms with van der Waals surface area (Å²) in [6.07, 6.45) is 4.86. The molecule has 1 saturated carbocycles. The summed E-state index contributed by atoms with van der Waals surface area (Å²) in [6.45, 7) is 5.31. The second-order valence-corrected chi connectivity index (χ2v) is 5.14. The quantitative estimate of drug-likeness (QED) is 0.776. The van der Waals surface area contributed by atoms with Gasteiger partial charge in [0.15, 0.2) is 0 Å². The van der Waals surface area contributed by atoms with E-state index in [1.54, 1.807) is 0 Å². The van der Waals surface area contributed by atoms with Gasteiger partial charge < -0.3 is 5.11 Å². The fourth-order valence-corrected chi connectivity index (χ4v) is 3.06. The molecular formula is C12H21NO2. The smallest absolute Gasteiger partial charge is 0.308 e. The van der Waals surface area contributed by atoms with Crippen LogP contribution >= 0.6 is 0 Å². The zero-order valence-corrected chi connectivity index (χ0v) is 9.65. The lowest BCUT2D eigenvalue weighted by Gasteiger charge is -2.39. The van der Waals surface area contributed by atoms with Crippen molar-refractivity contribution in [2.45, 2.75) is 51.6 Å². The van der Waals surface area contributed by atoms with Gasteiger partial charge in [-0.05, 0) is 45.6 Å². The minimum atomic E-state index is -0.620. The second kappa shape index (κ2) is 4.12. The van der Waals surface area contributed by atoms with Crippen LogP contribution in [0.2, 0.25) is 0 Å². The molecule has 0 aromatic carbocycles. The first-order valence-electron chi connectivity index (χ1n) is 6.10. The highest BCUT2D eigenvalue weighted by Crippen LogP contribution is 2.36. The third-order valence-corrected chi connectivity index (χ3v) is 4.48. The number of likely N-dealkylation sites (tertiary alicyclic amines) is 1. The van der Waals surface area contributed by atoms with Gasteiger partial charge in [0.25, 0.3) is 0 Å². The van der Waals surface area contributed by atoms with Gasteiger partial charge in [-0.25, -0.2) is 0 Å². The number of carbonyl (C=O) groups is 1. The minimum Gasteiger partial charge on any atom is -0.481 e. The number of hydrogen-bond acceptors (Lipinski definition) is 2. The SMILES string of the molecule is CC(C1CCC1)N1CCC(C(=O)O)C1C. The zero-order valence-electron chi connectivity index (χ0n) is 9.65. The number of nitrogens with zero attached hydrogens (tertiary/aromatic N) is 1. The van der Waals surface area contributed by atoms with Crippen molar-refractivity contribution >= 4 is 5.97 Å². The second-order valence-electron chi connectivity index (χ2n) is 5.14. The van der Waals surface area contributed by atoms with Crippen LogP contribution in [-0.4, -0.2) is 34.6 Å². The van der Waals surface area contributed by atoms with Crippen molar-refractivity contribution in [1.82, 2.24) is 4.90 Å². The highest BCUT2D eigenvalue weighted by molar-refractivity contribution is 5.71. The highest BCUT2D eigenvalue weighted by Gasteiger charge is 2.40. The zero-order chi connectivity index (χ0) is 11.0. The summed E-state index contributed by atoms with van der Waals surface area (Å²) in [7, 11) is 0. The van der Waals surface area contributed by atoms with E-state index < -0.39 is 5.97 Å². The number of hydrogen-bond donors (Lipinski definition) is 1. The van der Waals surface area contributed by atoms with Gasteiger partial charge in [0.1, 0.15) is 0 Å². The van der Waals surface area contributed by atoms with Gasteiger partial charge in [-0.2, -0.15) is 0 Å². The standard InChI is InChI=1S/C12H21NO2/c1-8(10-4-3-5-10)13-7-6-11(9(13)2)12(14)15/h8-11H,3-7H2,1-2H3,(H,14,15). The summed E-state index contributed by atoms with van der Waals surface area (Å²) in [5.74, 6) is 0.0540. The Balaban J connectivity index is 1.96. The van der Waals surface area contributed by atoms with Gasteiger partial charge in [0.05, 0.1) is 5.92 Å². The molecule has 3 nitrogen and oxygen atoms in total. The molecule has 1 N–H and O–H groups in total. The molecule has 0 aromatic rings. The van der Waals surface area contributed by atoms with Crippen LogP contribution in [0.25, 0.3) is 0 Å². The maximum absolute atomic E-state index is 11.0. The molecule has 2 rings (SSSR count). The lowest BCUT2D eigenvalue weighted by atomic mass is 9.79. The topological polar surface area (TPSA) is 40.5 Å². The normalized spacial score (nSPS) is 35.1. The molecule has 0 bridgehead atoms. The highest BCUT2D eigenvalue weighted by atomic mass is 16.4. The molecular weight excluding hydrogens is 190 g/mol. The largest absolute Gasteiger partial charge is 0.481 e. The average molecular weight is 211 g/mol. The first-order valence-corrected chi connectivity index (χ1v) is 6.10. The van der Waals surface area contributed by atoms with Crippen molar-refractivity contribution in [2.24, 2.45) is 11.8 Å². The molecule has 15 heavy (non-hydrogen) atoms. The van der Waals surface area contributed by atoms with E-state index in [9.17, 15) is 4.79 Å². The molecule has 1 aliphatic carbocycles. The maximum atomic E-state index is 11.0. The maximum Gasteiger partial charge on any atom is 0.308 e. The fraction of sp³-hybridized carbons (Fsp3) is 0.917. The summed E-state index contributed by atoms with van der Waals surface area (Å²) in [5, 5.41) is 9.07. The van der Waals surface area contributed by atoms with E-state index in [0.717, 1.165) is 18.9 Å². The fourth-order valence-electron chi connectivity index (χ4n) is 3.06. The number of aliphatic carboxylic acids is 1. The third kappa shape index (κ3) is 1.89. The van der Waals surface area contributed by atoms with E-state index in [1.165, 1.54) is 19.3 Å². The third-order valence-electron chi connectivity index (χ3n) is 4.48. The van der Waals surface area contributed by atoms with Crippen LogP contribution in [0, 0.1) is 11.8 Å². The van der Waals surface area contributed by atoms with Crippen LogP contribution in [0.3, 0.4) is 0 Å². The predicted molar refractivity (Wildman–Crippen MR) is 58.7 cm³/mol. The first kappa shape index (κ1) is 10.9. The summed E-state index contributed by atoms with van der Waals surface area (Å²) in [5.41, 5.74) is 0. The van der Waals surface area contributed by atoms with Gasteiger partial charge in [-0.15, -0.1) is 0 Å². The van der Waals surface area contributed by atoms with E-state index in [4.69, 9.17) is 5.11 Å². The first-order chi connectivity index (χ1) is 7.11. The van der Waals surface area contributed by atoms with Gasteiger partial charge in [-0.1, -0.05) is 6.42 Å². The van der Waals surface area contributed by atoms with Gasteiger partial charge in [-0.3, -0.25) is 9.69 Å². The van der Waals surface area contributed by atoms with Crippen LogP contribution in [0.15, 0.2) is 0 Å². The molecule has 3 heteroatoms. The summed E-state index contributed by atoms with van der Waals surface area (Å²) in [4.78, 5) is 13.4. The lowest BCUT2D eigenvalue weighted by molar-refractivity contribution is -0.142. The molecule has 0 radical (unpaired) electrons. The molecule has 0 aromatic heterocycles. The van der Waals surface area contributed by atoms with Crippen LogP contribution in [0.1, 0.15) is 39.5 Å². The number of carboxylic acid groups (broad SMARTS) is 1. The van der Waals surface area contributed by atoms with Crippen molar-refractivity contribution < 1.29 is 9.90 Å². The Morgan fingerprint density at radius 3 is 2.47 bits per heavy atom. The lowest BCUT2D eigenvalue weighted by Crippen LogP contribution is -2.44. The van der Waals surface area contributed by atoms with E-state index >= 15 is 0 Å². The molecule has 86 valence electrons. The van der Waals surface area contributed by atoms with E-state index in [-0.39, 0.29) is 12.0 Å². The molecule has 2 aliphatic rings. The Kier molecular flexibility index (Phi) is 3.01. The van der Waals surface area contributed by atoms with E-state index in [2.05, 4.69) is 18.7 Å². The molecule has 0 spiro atoms. The van der Waals surface area contributed by atoms with Crippen LogP contribution in [0.4, 0.5) is 0 Å². The van der Waals surface area contributed by atoms with Crippen molar-refractivity contribution in [2.75, 3.05) is 6.54 Å². The predicted octanol–water partition coefficient (Wildman–Crippen LogP) is 1.97. The molecule has 1 heterocycles. The Morgan fingerprint density at radius 2 is 2.07 bits per heavy atom. The van der Waals surface area contributed by atoms with Gasteiger partial charge in [0, 0.05) is 12.1 Å². The van der Waals surface area contributed by atoms with Gasteiger partial charge in [0.2, 0.25) is 0 Å². The Morgan fingerprint density at radius 1 is 1.40 bits per heavy atom. The number of carboxylic acids is 1.